The van der Waals surface area contributed by atoms with Gasteiger partial charge < -0.3 is 30.1 Å². The van der Waals surface area contributed by atoms with Crippen LogP contribution < -0.4 is 10.1 Å². The number of nitrogens with one attached hydrogen (secondary N) is 1. The molecule has 2 aromatic rings. The number of hydrogen-bond donors (Lipinski definition) is 4. The summed E-state index contributed by atoms with van der Waals surface area (Å²) in [5, 5.41) is 34.3. The van der Waals surface area contributed by atoms with E-state index in [0.717, 1.165) is 11.1 Å². The molecule has 3 aliphatic rings. The van der Waals surface area contributed by atoms with Gasteiger partial charge in [0.15, 0.2) is 6.61 Å². The topological polar surface area (TPSA) is 108 Å². The molecule has 8 heteroatoms. The van der Waals surface area contributed by atoms with Crippen LogP contribution in [0.4, 0.5) is 5.69 Å². The second kappa shape index (κ2) is 7.21. The Morgan fingerprint density at radius 3 is 2.67 bits per heavy atom. The molecule has 4 atom stereocenters. The number of anilines is 1. The van der Waals surface area contributed by atoms with Gasteiger partial charge >= 0.3 is 0 Å². The Morgan fingerprint density at radius 2 is 1.90 bits per heavy atom. The van der Waals surface area contributed by atoms with E-state index in [-0.39, 0.29) is 12.5 Å². The third-order valence-corrected chi connectivity index (χ3v) is 6.47. The van der Waals surface area contributed by atoms with Crippen LogP contribution in [0.1, 0.15) is 35.6 Å². The van der Waals surface area contributed by atoms with Gasteiger partial charge in [-0.05, 0) is 54.2 Å². The van der Waals surface area contributed by atoms with Crippen molar-refractivity contribution >= 4 is 23.2 Å². The number of aliphatic hydroxyl groups is 3. The minimum atomic E-state index is -1.27. The number of rotatable bonds is 3. The molecule has 30 heavy (non-hydrogen) atoms. The maximum atomic E-state index is 11.4. The monoisotopic (exact) mass is 431 g/mol. The fraction of sp³-hybridized carbons (Fsp3) is 0.409. The Hall–Kier alpha value is -2.16. The van der Waals surface area contributed by atoms with E-state index in [2.05, 4.69) is 5.32 Å². The zero-order chi connectivity index (χ0) is 21.0. The normalized spacial score (nSPS) is 29.1. The van der Waals surface area contributed by atoms with Crippen LogP contribution in [-0.2, 0) is 16.0 Å². The van der Waals surface area contributed by atoms with Crippen LogP contribution in [-0.4, -0.2) is 51.7 Å². The molecule has 7 nitrogen and oxygen atoms in total. The minimum absolute atomic E-state index is 0.0144. The van der Waals surface area contributed by atoms with Gasteiger partial charge in [0.2, 0.25) is 0 Å². The largest absolute Gasteiger partial charge is 0.482 e. The summed E-state index contributed by atoms with van der Waals surface area (Å²) in [6, 6.07) is 10.9. The number of hydrogen-bond acceptors (Lipinski definition) is 6. The average molecular weight is 432 g/mol. The molecule has 5 rings (SSSR count). The van der Waals surface area contributed by atoms with Crippen LogP contribution in [0.3, 0.4) is 0 Å². The van der Waals surface area contributed by atoms with E-state index in [4.69, 9.17) is 21.1 Å². The summed E-state index contributed by atoms with van der Waals surface area (Å²) in [6.45, 7) is -0.0144. The van der Waals surface area contributed by atoms with E-state index in [1.165, 1.54) is 0 Å². The Labute approximate surface area is 178 Å². The molecule has 0 unspecified atom stereocenters. The van der Waals surface area contributed by atoms with Crippen molar-refractivity contribution in [2.45, 2.75) is 49.3 Å². The number of carbonyl (C=O) groups excluding carboxylic acids is 1. The maximum Gasteiger partial charge on any atom is 0.262 e. The first kappa shape index (κ1) is 19.8. The molecule has 2 aliphatic heterocycles. The summed E-state index contributed by atoms with van der Waals surface area (Å²) in [4.78, 5) is 11.4. The predicted octanol–water partition coefficient (Wildman–Crippen LogP) is 1.95. The van der Waals surface area contributed by atoms with Gasteiger partial charge in [-0.15, -0.1) is 0 Å². The highest BCUT2D eigenvalue weighted by Gasteiger charge is 2.60. The van der Waals surface area contributed by atoms with Crippen LogP contribution in [0.25, 0.3) is 0 Å². The summed E-state index contributed by atoms with van der Waals surface area (Å²) in [6.07, 6.45) is -2.52. The van der Waals surface area contributed by atoms with Gasteiger partial charge in [-0.2, -0.15) is 0 Å². The van der Waals surface area contributed by atoms with Gasteiger partial charge in [-0.1, -0.05) is 29.8 Å². The molecular weight excluding hydrogens is 410 g/mol. The van der Waals surface area contributed by atoms with Crippen molar-refractivity contribution in [3.63, 3.8) is 0 Å². The smallest absolute Gasteiger partial charge is 0.262 e. The van der Waals surface area contributed by atoms with Crippen molar-refractivity contribution in [3.8, 4) is 5.75 Å². The molecule has 1 spiro atoms. The van der Waals surface area contributed by atoms with Crippen LogP contribution in [0.2, 0.25) is 5.02 Å². The molecule has 0 aromatic heterocycles. The number of amides is 1. The molecule has 1 saturated carbocycles. The number of ether oxygens (including phenoxy) is 2. The Balaban J connectivity index is 1.41. The molecule has 2 aromatic carbocycles. The van der Waals surface area contributed by atoms with Crippen LogP contribution in [0.5, 0.6) is 5.75 Å². The lowest BCUT2D eigenvalue weighted by molar-refractivity contribution is -0.236. The van der Waals surface area contributed by atoms with Crippen molar-refractivity contribution < 1.29 is 29.6 Å². The second-order valence-electron chi connectivity index (χ2n) is 8.22. The zero-order valence-electron chi connectivity index (χ0n) is 16.0. The van der Waals surface area contributed by atoms with Gasteiger partial charge in [-0.25, -0.2) is 0 Å². The lowest BCUT2D eigenvalue weighted by Gasteiger charge is -2.41. The molecule has 1 saturated heterocycles. The third kappa shape index (κ3) is 3.36. The molecule has 0 radical (unpaired) electrons. The number of carbonyl (C=O) groups is 1. The molecule has 158 valence electrons. The first-order valence-electron chi connectivity index (χ1n) is 9.92. The van der Waals surface area contributed by atoms with Gasteiger partial charge in [0.1, 0.15) is 30.2 Å². The third-order valence-electron chi connectivity index (χ3n) is 6.10. The summed E-state index contributed by atoms with van der Waals surface area (Å²) >= 11 is 6.42. The summed E-state index contributed by atoms with van der Waals surface area (Å²) in [7, 11) is 0. The highest BCUT2D eigenvalue weighted by molar-refractivity contribution is 6.31. The number of benzene rings is 2. The Kier molecular flexibility index (Phi) is 4.76. The lowest BCUT2D eigenvalue weighted by atomic mass is 9.89. The van der Waals surface area contributed by atoms with Gasteiger partial charge in [0, 0.05) is 5.02 Å². The van der Waals surface area contributed by atoms with E-state index < -0.39 is 30.0 Å². The molecule has 4 N–H and O–H groups in total. The first-order chi connectivity index (χ1) is 14.4. The Morgan fingerprint density at radius 1 is 1.10 bits per heavy atom. The van der Waals surface area contributed by atoms with E-state index in [1.807, 2.05) is 18.2 Å². The van der Waals surface area contributed by atoms with E-state index >= 15 is 0 Å². The van der Waals surface area contributed by atoms with Crippen LogP contribution in [0.15, 0.2) is 36.4 Å². The average Bonchev–Trinajstić information content (AvgIpc) is 3.52. The molecule has 1 amide bonds. The quantitative estimate of drug-likeness (QED) is 0.591. The molecule has 1 aliphatic carbocycles. The van der Waals surface area contributed by atoms with Crippen molar-refractivity contribution in [1.29, 1.82) is 0 Å². The molecule has 2 heterocycles. The minimum Gasteiger partial charge on any atom is -0.482 e. The second-order valence-corrected chi connectivity index (χ2v) is 8.63. The van der Waals surface area contributed by atoms with Crippen LogP contribution in [0, 0.1) is 0 Å². The standard InChI is InChI=1S/C22H22ClNO6/c23-14-3-2-12(20-18(26)19(27)21(28)22(30-20)5-6-22)9-13(14)7-11-1-4-15-16(8-11)29-10-17(25)24-15/h1-4,8-9,18-21,26-28H,5-7,10H2,(H,24,25)/t18-,19-,20+,21+/m1/s1. The predicted molar refractivity (Wildman–Crippen MR) is 109 cm³/mol. The first-order valence-corrected chi connectivity index (χ1v) is 10.3. The summed E-state index contributed by atoms with van der Waals surface area (Å²) in [5.74, 6) is 0.427. The fourth-order valence-corrected chi connectivity index (χ4v) is 4.41. The van der Waals surface area contributed by atoms with Gasteiger partial charge in [0.05, 0.1) is 11.3 Å². The number of fused-ring (bicyclic) bond motifs is 1. The molecule has 0 bridgehead atoms. The maximum absolute atomic E-state index is 11.4. The zero-order valence-corrected chi connectivity index (χ0v) is 16.8. The SMILES string of the molecule is O=C1COc2cc(Cc3cc([C@@H]4OC5(CC5)[C@@H](O)[C@H](O)[C@H]4O)ccc3Cl)ccc2N1. The van der Waals surface area contributed by atoms with Crippen molar-refractivity contribution in [1.82, 2.24) is 0 Å². The van der Waals surface area contributed by atoms with Crippen molar-refractivity contribution in [3.05, 3.63) is 58.1 Å². The Bertz CT molecular complexity index is 1010. The summed E-state index contributed by atoms with van der Waals surface area (Å²) in [5.41, 5.74) is 2.33. The van der Waals surface area contributed by atoms with Gasteiger partial charge in [-0.3, -0.25) is 4.79 Å². The van der Waals surface area contributed by atoms with Crippen LogP contribution >= 0.6 is 11.6 Å². The van der Waals surface area contributed by atoms with E-state index in [0.29, 0.717) is 41.3 Å². The highest BCUT2D eigenvalue weighted by atomic mass is 35.5. The molecular formula is C22H22ClNO6. The molecule has 2 fully saturated rings. The lowest BCUT2D eigenvalue weighted by Crippen LogP contribution is -2.55. The number of halogens is 1. The summed E-state index contributed by atoms with van der Waals surface area (Å²) < 4.78 is 11.5. The number of aliphatic hydroxyl groups excluding tert-OH is 3. The van der Waals surface area contributed by atoms with Crippen molar-refractivity contribution in [2.75, 3.05) is 11.9 Å². The highest BCUT2D eigenvalue weighted by Crippen LogP contribution is 2.52. The fourth-order valence-electron chi connectivity index (χ4n) is 4.23. The van der Waals surface area contributed by atoms with Gasteiger partial charge in [0.25, 0.3) is 5.91 Å². The van der Waals surface area contributed by atoms with Crippen molar-refractivity contribution in [2.24, 2.45) is 0 Å². The van der Waals surface area contributed by atoms with E-state index in [9.17, 15) is 20.1 Å². The van der Waals surface area contributed by atoms with E-state index in [1.54, 1.807) is 18.2 Å².